The van der Waals surface area contributed by atoms with Crippen LogP contribution in [0.3, 0.4) is 0 Å². The summed E-state index contributed by atoms with van der Waals surface area (Å²) >= 11 is 5.81. The first kappa shape index (κ1) is 16.9. The Kier molecular flexibility index (Phi) is 5.52. The summed E-state index contributed by atoms with van der Waals surface area (Å²) in [4.78, 5) is 12.0. The molecule has 0 atom stereocenters. The molecule has 0 unspecified atom stereocenters. The van der Waals surface area contributed by atoms with Gasteiger partial charge in [-0.25, -0.2) is 8.42 Å². The molecule has 0 saturated heterocycles. The Labute approximate surface area is 124 Å². The van der Waals surface area contributed by atoms with Crippen LogP contribution in [0, 0.1) is 0 Å². The number of nitrogens with one attached hydrogen (secondary N) is 2. The maximum absolute atomic E-state index is 11.6. The molecule has 9 heteroatoms. The van der Waals surface area contributed by atoms with Gasteiger partial charge in [0.25, 0.3) is 0 Å². The lowest BCUT2D eigenvalue weighted by molar-refractivity contribution is 0.559. The van der Waals surface area contributed by atoms with Gasteiger partial charge in [0.2, 0.25) is 17.2 Å². The van der Waals surface area contributed by atoms with E-state index in [4.69, 9.17) is 11.6 Å². The number of rotatable bonds is 7. The lowest BCUT2D eigenvalue weighted by atomic mass is 10.2. The fraction of sp³-hybridized carbons (Fsp3) is 0.727. The zero-order chi connectivity index (χ0) is 15.4. The maximum atomic E-state index is 11.6. The number of sulfone groups is 1. The third-order valence-electron chi connectivity index (χ3n) is 2.82. The van der Waals surface area contributed by atoms with E-state index in [-0.39, 0.29) is 17.8 Å². The van der Waals surface area contributed by atoms with Crippen molar-refractivity contribution in [2.75, 3.05) is 30.0 Å². The van der Waals surface area contributed by atoms with Gasteiger partial charge < -0.3 is 10.6 Å². The molecule has 0 bridgehead atoms. The van der Waals surface area contributed by atoms with E-state index < -0.39 is 14.6 Å². The summed E-state index contributed by atoms with van der Waals surface area (Å²) in [6, 6.07) is 0. The summed E-state index contributed by atoms with van der Waals surface area (Å²) in [5.41, 5.74) is 0. The second-order valence-corrected chi connectivity index (χ2v) is 8.05. The Morgan fingerprint density at radius 1 is 1.15 bits per heavy atom. The first-order chi connectivity index (χ1) is 9.15. The van der Waals surface area contributed by atoms with Crippen LogP contribution in [0.4, 0.5) is 11.9 Å². The number of aromatic nitrogens is 3. The van der Waals surface area contributed by atoms with E-state index >= 15 is 0 Å². The van der Waals surface area contributed by atoms with Gasteiger partial charge in [-0.2, -0.15) is 15.0 Å². The van der Waals surface area contributed by atoms with Gasteiger partial charge >= 0.3 is 0 Å². The third kappa shape index (κ3) is 4.75. The van der Waals surface area contributed by atoms with Gasteiger partial charge in [-0.05, 0) is 31.9 Å². The van der Waals surface area contributed by atoms with Gasteiger partial charge in [-0.1, -0.05) is 6.92 Å². The van der Waals surface area contributed by atoms with Gasteiger partial charge in [-0.3, -0.25) is 0 Å². The van der Waals surface area contributed by atoms with Crippen LogP contribution in [-0.2, 0) is 9.84 Å². The highest BCUT2D eigenvalue weighted by atomic mass is 35.5. The van der Waals surface area contributed by atoms with Gasteiger partial charge in [-0.15, -0.1) is 0 Å². The second kappa shape index (κ2) is 6.53. The van der Waals surface area contributed by atoms with Crippen molar-refractivity contribution in [2.24, 2.45) is 0 Å². The standard InChI is InChI=1S/C11H20ClN5O2S/c1-5-6-13-9-15-8(12)16-10(17-9)14-7-11(2,3)20(4,18)19/h5-7H2,1-4H3,(H2,13,14,15,16,17). The number of anilines is 2. The molecule has 0 aliphatic heterocycles. The average molecular weight is 322 g/mol. The summed E-state index contributed by atoms with van der Waals surface area (Å²) in [6.45, 7) is 6.18. The van der Waals surface area contributed by atoms with Crippen LogP contribution in [-0.4, -0.2) is 47.5 Å². The molecule has 0 radical (unpaired) electrons. The van der Waals surface area contributed by atoms with Crippen molar-refractivity contribution in [3.8, 4) is 0 Å². The molecule has 2 N–H and O–H groups in total. The smallest absolute Gasteiger partial charge is 0.228 e. The second-order valence-electron chi connectivity index (χ2n) is 5.06. The van der Waals surface area contributed by atoms with E-state index in [0.29, 0.717) is 12.5 Å². The lowest BCUT2D eigenvalue weighted by Crippen LogP contribution is -2.38. The average Bonchev–Trinajstić information content (AvgIpc) is 2.32. The SMILES string of the molecule is CCCNc1nc(Cl)nc(NCC(C)(C)S(C)(=O)=O)n1. The zero-order valence-corrected chi connectivity index (χ0v) is 13.6. The van der Waals surface area contributed by atoms with Crippen LogP contribution < -0.4 is 10.6 Å². The minimum Gasteiger partial charge on any atom is -0.354 e. The summed E-state index contributed by atoms with van der Waals surface area (Å²) in [7, 11) is -3.19. The molecular weight excluding hydrogens is 302 g/mol. The Balaban J connectivity index is 2.80. The topological polar surface area (TPSA) is 96.9 Å². The normalized spacial score (nSPS) is 12.2. The predicted octanol–water partition coefficient (Wildman–Crippen LogP) is 1.58. The molecule has 20 heavy (non-hydrogen) atoms. The van der Waals surface area contributed by atoms with E-state index in [0.717, 1.165) is 6.42 Å². The molecule has 114 valence electrons. The fourth-order valence-corrected chi connectivity index (χ4v) is 1.66. The van der Waals surface area contributed by atoms with Crippen molar-refractivity contribution < 1.29 is 8.42 Å². The van der Waals surface area contributed by atoms with E-state index in [9.17, 15) is 8.42 Å². The van der Waals surface area contributed by atoms with Crippen molar-refractivity contribution >= 4 is 33.3 Å². The zero-order valence-electron chi connectivity index (χ0n) is 12.1. The number of hydrogen-bond donors (Lipinski definition) is 2. The minimum atomic E-state index is -3.19. The first-order valence-electron chi connectivity index (χ1n) is 6.24. The van der Waals surface area contributed by atoms with Crippen molar-refractivity contribution in [3.63, 3.8) is 0 Å². The summed E-state index contributed by atoms with van der Waals surface area (Å²) in [6.07, 6.45) is 2.12. The minimum absolute atomic E-state index is 0.0539. The van der Waals surface area contributed by atoms with Crippen LogP contribution in [0.2, 0.25) is 5.28 Å². The molecule has 1 aromatic heterocycles. The Morgan fingerprint density at radius 3 is 2.20 bits per heavy atom. The molecule has 1 aromatic rings. The largest absolute Gasteiger partial charge is 0.354 e. The van der Waals surface area contributed by atoms with E-state index in [1.807, 2.05) is 6.92 Å². The molecule has 0 aliphatic carbocycles. The Hall–Kier alpha value is -1.15. The molecule has 1 rings (SSSR count). The highest BCUT2D eigenvalue weighted by molar-refractivity contribution is 7.92. The Bertz CT molecular complexity index is 562. The molecule has 1 heterocycles. The lowest BCUT2D eigenvalue weighted by Gasteiger charge is -2.22. The summed E-state index contributed by atoms with van der Waals surface area (Å²) < 4.78 is 22.3. The first-order valence-corrected chi connectivity index (χ1v) is 8.51. The predicted molar refractivity (Wildman–Crippen MR) is 81.0 cm³/mol. The van der Waals surface area contributed by atoms with Crippen LogP contribution in [0.5, 0.6) is 0 Å². The summed E-state index contributed by atoms with van der Waals surface area (Å²) in [5, 5.41) is 5.94. The molecular formula is C11H20ClN5O2S. The van der Waals surface area contributed by atoms with Crippen LogP contribution >= 0.6 is 11.6 Å². The quantitative estimate of drug-likeness (QED) is 0.787. The number of halogens is 1. The van der Waals surface area contributed by atoms with Crippen molar-refractivity contribution in [1.82, 2.24) is 15.0 Å². The molecule has 7 nitrogen and oxygen atoms in total. The number of nitrogens with zero attached hydrogens (tertiary/aromatic N) is 3. The highest BCUT2D eigenvalue weighted by Crippen LogP contribution is 2.16. The van der Waals surface area contributed by atoms with Gasteiger partial charge in [0.05, 0.1) is 4.75 Å². The van der Waals surface area contributed by atoms with Crippen molar-refractivity contribution in [3.05, 3.63) is 5.28 Å². The molecule has 0 saturated carbocycles. The molecule has 0 fully saturated rings. The van der Waals surface area contributed by atoms with Gasteiger partial charge in [0.15, 0.2) is 9.84 Å². The molecule has 0 aromatic carbocycles. The monoisotopic (exact) mass is 321 g/mol. The molecule has 0 amide bonds. The van der Waals surface area contributed by atoms with Gasteiger partial charge in [0, 0.05) is 19.3 Å². The van der Waals surface area contributed by atoms with E-state index in [1.165, 1.54) is 6.26 Å². The molecule has 0 spiro atoms. The van der Waals surface area contributed by atoms with Crippen molar-refractivity contribution in [1.29, 1.82) is 0 Å². The fourth-order valence-electron chi connectivity index (χ4n) is 1.17. The third-order valence-corrected chi connectivity index (χ3v) is 5.14. The van der Waals surface area contributed by atoms with E-state index in [1.54, 1.807) is 13.8 Å². The maximum Gasteiger partial charge on any atom is 0.228 e. The summed E-state index contributed by atoms with van der Waals surface area (Å²) in [5.74, 6) is 0.617. The van der Waals surface area contributed by atoms with Crippen LogP contribution in [0.25, 0.3) is 0 Å². The van der Waals surface area contributed by atoms with Crippen molar-refractivity contribution in [2.45, 2.75) is 31.9 Å². The van der Waals surface area contributed by atoms with Gasteiger partial charge in [0.1, 0.15) is 0 Å². The Morgan fingerprint density at radius 2 is 1.70 bits per heavy atom. The number of hydrogen-bond acceptors (Lipinski definition) is 7. The highest BCUT2D eigenvalue weighted by Gasteiger charge is 2.30. The molecule has 0 aliphatic rings. The van der Waals surface area contributed by atoms with Crippen LogP contribution in [0.15, 0.2) is 0 Å². The van der Waals surface area contributed by atoms with Crippen LogP contribution in [0.1, 0.15) is 27.2 Å². The van der Waals surface area contributed by atoms with E-state index in [2.05, 4.69) is 25.6 Å².